The van der Waals surface area contributed by atoms with Gasteiger partial charge < -0.3 is 18.4 Å². The fraction of sp³-hybridized carbons (Fsp3) is 1.00. The van der Waals surface area contributed by atoms with Crippen molar-refractivity contribution in [3.05, 3.63) is 0 Å². The average Bonchev–Trinajstić information content (AvgIpc) is 1.37. The summed E-state index contributed by atoms with van der Waals surface area (Å²) in [5, 5.41) is 0. The van der Waals surface area contributed by atoms with Gasteiger partial charge in [-0.25, -0.2) is 0 Å². The number of nitrogens with two attached hydrogens (primary N) is 1. The van der Waals surface area contributed by atoms with Gasteiger partial charge in [0.1, 0.15) is 0 Å². The summed E-state index contributed by atoms with van der Waals surface area (Å²) < 4.78 is 0. The summed E-state index contributed by atoms with van der Waals surface area (Å²) in [6.07, 6.45) is 0. The Morgan fingerprint density at radius 2 is 2.00 bits per heavy atom. The highest BCUT2D eigenvalue weighted by molar-refractivity contribution is 7.58. The predicted octanol–water partition coefficient (Wildman–Crippen LogP) is -0.508. The lowest BCUT2D eigenvalue weighted by Crippen LogP contribution is -2.00. The van der Waals surface area contributed by atoms with Gasteiger partial charge in [-0.05, 0) is 6.54 Å². The van der Waals surface area contributed by atoms with Crippen LogP contribution < -0.4 is 5.73 Å². The minimum atomic E-state index is 0.634. The first-order valence-electron chi connectivity index (χ1n) is 1.20. The van der Waals surface area contributed by atoms with Crippen LogP contribution in [0.2, 0.25) is 0 Å². The Morgan fingerprint density at radius 1 is 1.75 bits per heavy atom. The first-order valence-corrected chi connectivity index (χ1v) is 1.77. The summed E-state index contributed by atoms with van der Waals surface area (Å²) >= 11 is 4.43. The van der Waals surface area contributed by atoms with Crippen LogP contribution in [0.25, 0.3) is 0 Å². The van der Waals surface area contributed by atoms with Crippen LogP contribution in [0, 0.1) is 0 Å². The molecule has 2 heteroatoms. The van der Waals surface area contributed by atoms with Gasteiger partial charge in [-0.3, -0.25) is 0 Å². The van der Waals surface area contributed by atoms with E-state index in [-0.39, 0.29) is 0 Å². The molecular formula is C2H6NS-. The predicted molar refractivity (Wildman–Crippen MR) is 21.3 cm³/mol. The summed E-state index contributed by atoms with van der Waals surface area (Å²) in [5.74, 6) is 0.681. The van der Waals surface area contributed by atoms with E-state index in [0.717, 1.165) is 0 Å². The van der Waals surface area contributed by atoms with Crippen molar-refractivity contribution in [1.29, 1.82) is 0 Å². The summed E-state index contributed by atoms with van der Waals surface area (Å²) in [5.41, 5.74) is 4.92. The third kappa shape index (κ3) is 2.31. The Hall–Kier alpha value is 0.310. The molecule has 1 nitrogen and oxygen atoms in total. The zero-order valence-electron chi connectivity index (χ0n) is 2.40. The molecule has 0 aliphatic rings. The first kappa shape index (κ1) is 4.31. The zero-order chi connectivity index (χ0) is 3.41. The van der Waals surface area contributed by atoms with Crippen LogP contribution in [0.4, 0.5) is 0 Å². The largest absolute Gasteiger partial charge is 0.791 e. The standard InChI is InChI=1S/C2H7NS/c3-1-2-4/h4H,1-3H2/p-1. The third-order valence-corrected chi connectivity index (χ3v) is 0.354. The van der Waals surface area contributed by atoms with Crippen molar-refractivity contribution in [3.63, 3.8) is 0 Å². The van der Waals surface area contributed by atoms with E-state index in [1.54, 1.807) is 0 Å². The van der Waals surface area contributed by atoms with Crippen molar-refractivity contribution in [2.24, 2.45) is 5.73 Å². The molecule has 0 bridgehead atoms. The first-order chi connectivity index (χ1) is 1.91. The highest BCUT2D eigenvalue weighted by Gasteiger charge is 1.42. The summed E-state index contributed by atoms with van der Waals surface area (Å²) in [4.78, 5) is 0. The average molecular weight is 76.1 g/mol. The van der Waals surface area contributed by atoms with Gasteiger partial charge in [0.05, 0.1) is 0 Å². The Labute approximate surface area is 31.6 Å². The van der Waals surface area contributed by atoms with Gasteiger partial charge in [-0.1, -0.05) is 0 Å². The maximum absolute atomic E-state index is 4.92. The molecule has 0 aromatic rings. The zero-order valence-corrected chi connectivity index (χ0v) is 3.22. The Morgan fingerprint density at radius 3 is 2.00 bits per heavy atom. The van der Waals surface area contributed by atoms with Crippen LogP contribution in [0.15, 0.2) is 0 Å². The number of rotatable bonds is 1. The molecule has 0 radical (unpaired) electrons. The van der Waals surface area contributed by atoms with Crippen molar-refractivity contribution in [3.8, 4) is 0 Å². The van der Waals surface area contributed by atoms with Crippen molar-refractivity contribution >= 4 is 12.6 Å². The van der Waals surface area contributed by atoms with Crippen LogP contribution in [0.1, 0.15) is 0 Å². The van der Waals surface area contributed by atoms with E-state index in [2.05, 4.69) is 12.6 Å². The SMILES string of the molecule is NCC[S-]. The molecule has 0 aliphatic heterocycles. The smallest absolute Gasteiger partial charge is 0.0296 e. The Kier molecular flexibility index (Phi) is 3.57. The van der Waals surface area contributed by atoms with Gasteiger partial charge in [0.25, 0.3) is 0 Å². The lowest BCUT2D eigenvalue weighted by Gasteiger charge is -1.89. The minimum absolute atomic E-state index is 0.634. The lowest BCUT2D eigenvalue weighted by molar-refractivity contribution is 1.16. The van der Waals surface area contributed by atoms with Crippen molar-refractivity contribution < 1.29 is 0 Å². The molecular weight excluding hydrogens is 70.1 g/mol. The number of hydrogen-bond acceptors (Lipinski definition) is 2. The highest BCUT2D eigenvalue weighted by Crippen LogP contribution is 1.38. The quantitative estimate of drug-likeness (QED) is 0.426. The summed E-state index contributed by atoms with van der Waals surface area (Å²) in [6.45, 7) is 0.634. The Bertz CT molecular complexity index is 8.00. The van der Waals surface area contributed by atoms with E-state index in [1.165, 1.54) is 0 Å². The molecule has 0 fully saturated rings. The van der Waals surface area contributed by atoms with E-state index in [9.17, 15) is 0 Å². The number of hydrogen-bond donors (Lipinski definition) is 1. The van der Waals surface area contributed by atoms with Crippen molar-refractivity contribution in [1.82, 2.24) is 0 Å². The summed E-state index contributed by atoms with van der Waals surface area (Å²) in [7, 11) is 0. The molecule has 0 heterocycles. The van der Waals surface area contributed by atoms with Gasteiger partial charge in [0.15, 0.2) is 0 Å². The van der Waals surface area contributed by atoms with Gasteiger partial charge in [-0.15, -0.1) is 0 Å². The molecule has 0 rings (SSSR count). The van der Waals surface area contributed by atoms with Gasteiger partial charge in [0.2, 0.25) is 0 Å². The summed E-state index contributed by atoms with van der Waals surface area (Å²) in [6, 6.07) is 0. The molecule has 0 aromatic heterocycles. The second-order valence-corrected chi connectivity index (χ2v) is 0.901. The fourth-order valence-electron chi connectivity index (χ4n) is 0. The van der Waals surface area contributed by atoms with Gasteiger partial charge in [-0.2, -0.15) is 5.75 Å². The van der Waals surface area contributed by atoms with E-state index in [1.807, 2.05) is 0 Å². The van der Waals surface area contributed by atoms with Crippen LogP contribution in [-0.2, 0) is 12.6 Å². The molecule has 0 aromatic carbocycles. The van der Waals surface area contributed by atoms with E-state index >= 15 is 0 Å². The van der Waals surface area contributed by atoms with Crippen LogP contribution in [0.3, 0.4) is 0 Å². The van der Waals surface area contributed by atoms with Crippen molar-refractivity contribution in [2.45, 2.75) is 0 Å². The van der Waals surface area contributed by atoms with E-state index in [0.29, 0.717) is 12.3 Å². The van der Waals surface area contributed by atoms with Crippen LogP contribution in [0.5, 0.6) is 0 Å². The van der Waals surface area contributed by atoms with Crippen LogP contribution in [-0.4, -0.2) is 12.3 Å². The second kappa shape index (κ2) is 3.31. The maximum Gasteiger partial charge on any atom is -0.0296 e. The van der Waals surface area contributed by atoms with Crippen molar-refractivity contribution in [2.75, 3.05) is 12.3 Å². The molecule has 0 amide bonds. The molecule has 26 valence electrons. The molecule has 0 aliphatic carbocycles. The molecule has 2 N–H and O–H groups in total. The molecule has 0 atom stereocenters. The van der Waals surface area contributed by atoms with E-state index in [4.69, 9.17) is 5.73 Å². The molecule has 0 saturated heterocycles. The van der Waals surface area contributed by atoms with Crippen LogP contribution >= 0.6 is 0 Å². The van der Waals surface area contributed by atoms with Gasteiger partial charge >= 0.3 is 0 Å². The normalized spacial score (nSPS) is 7.50. The third-order valence-electron chi connectivity index (χ3n) is 0.118. The topological polar surface area (TPSA) is 26.0 Å². The maximum atomic E-state index is 4.92. The van der Waals surface area contributed by atoms with Gasteiger partial charge in [0, 0.05) is 0 Å². The molecule has 4 heavy (non-hydrogen) atoms. The minimum Gasteiger partial charge on any atom is -0.791 e. The second-order valence-electron chi connectivity index (χ2n) is 0.493. The highest BCUT2D eigenvalue weighted by atomic mass is 32.1. The lowest BCUT2D eigenvalue weighted by atomic mass is 10.8. The molecule has 0 unspecified atom stereocenters. The fourth-order valence-corrected chi connectivity index (χ4v) is 0. The van der Waals surface area contributed by atoms with E-state index < -0.39 is 0 Å². The molecule has 0 spiro atoms. The Balaban J connectivity index is 1.97. The molecule has 0 saturated carbocycles. The monoisotopic (exact) mass is 76.0 g/mol.